The first-order valence-corrected chi connectivity index (χ1v) is 16.0. The second-order valence-corrected chi connectivity index (χ2v) is 13.2. The van der Waals surface area contributed by atoms with E-state index in [0.29, 0.717) is 81.4 Å². The highest BCUT2D eigenvalue weighted by Crippen LogP contribution is 2.38. The smallest absolute Gasteiger partial charge is 0.343 e. The van der Waals surface area contributed by atoms with Gasteiger partial charge in [-0.25, -0.2) is 0 Å². The summed E-state index contributed by atoms with van der Waals surface area (Å²) in [7, 11) is 0. The zero-order valence-electron chi connectivity index (χ0n) is 26.1. The van der Waals surface area contributed by atoms with Crippen LogP contribution in [0.4, 0.5) is 32.0 Å². The number of benzene rings is 2. The minimum absolute atomic E-state index is 0.00723. The van der Waals surface area contributed by atoms with Crippen LogP contribution in [-0.4, -0.2) is 84.8 Å². The highest BCUT2D eigenvalue weighted by molar-refractivity contribution is 6.31. The first kappa shape index (κ1) is 35.0. The molecular formula is C33H37ClF6N4O3. The van der Waals surface area contributed by atoms with E-state index in [0.717, 1.165) is 5.56 Å². The molecule has 0 radical (unpaired) electrons. The van der Waals surface area contributed by atoms with E-state index >= 15 is 0 Å². The SMILES string of the molecule is CC(=O)N1CCC(C(=O)N(CCCN2CC3CN(C(=O)c4cc(C(F)(F)F)cc(C(F)(F)F)c4)CC3C2)c2ccc(C)c(Cl)c2)CC1. The number of carbonyl (C=O) groups excluding carboxylic acids is 3. The second kappa shape index (κ2) is 13.7. The van der Waals surface area contributed by atoms with Crippen LogP contribution in [0.2, 0.25) is 5.02 Å². The fourth-order valence-electron chi connectivity index (χ4n) is 6.93. The van der Waals surface area contributed by atoms with Crippen molar-refractivity contribution in [1.82, 2.24) is 14.7 Å². The molecule has 256 valence electrons. The van der Waals surface area contributed by atoms with Gasteiger partial charge >= 0.3 is 12.4 Å². The van der Waals surface area contributed by atoms with E-state index in [1.807, 2.05) is 19.1 Å². The lowest BCUT2D eigenvalue weighted by Gasteiger charge is -2.34. The summed E-state index contributed by atoms with van der Waals surface area (Å²) >= 11 is 6.40. The molecule has 3 fully saturated rings. The molecule has 0 saturated carbocycles. The number of halogens is 7. The zero-order chi connectivity index (χ0) is 34.3. The number of amides is 3. The van der Waals surface area contributed by atoms with Crippen LogP contribution in [0.1, 0.15) is 53.2 Å². The van der Waals surface area contributed by atoms with Crippen LogP contribution in [-0.2, 0) is 21.9 Å². The Hall–Kier alpha value is -3.32. The van der Waals surface area contributed by atoms with E-state index in [1.54, 1.807) is 15.9 Å². The quantitative estimate of drug-likeness (QED) is 0.318. The number of hydrogen-bond donors (Lipinski definition) is 0. The van der Waals surface area contributed by atoms with Gasteiger partial charge in [0.25, 0.3) is 5.91 Å². The summed E-state index contributed by atoms with van der Waals surface area (Å²) in [5.74, 6) is -1.01. The van der Waals surface area contributed by atoms with E-state index in [4.69, 9.17) is 11.6 Å². The van der Waals surface area contributed by atoms with Crippen LogP contribution in [0, 0.1) is 24.7 Å². The summed E-state index contributed by atoms with van der Waals surface area (Å²) < 4.78 is 80.0. The van der Waals surface area contributed by atoms with Crippen molar-refractivity contribution in [3.63, 3.8) is 0 Å². The Labute approximate surface area is 274 Å². The number of nitrogens with zero attached hydrogens (tertiary/aromatic N) is 4. The fourth-order valence-corrected chi connectivity index (χ4v) is 7.10. The maximum Gasteiger partial charge on any atom is 0.416 e. The van der Waals surface area contributed by atoms with Gasteiger partial charge < -0.3 is 19.6 Å². The molecule has 14 heteroatoms. The number of hydrogen-bond acceptors (Lipinski definition) is 4. The predicted molar refractivity (Wildman–Crippen MR) is 164 cm³/mol. The summed E-state index contributed by atoms with van der Waals surface area (Å²) in [5.41, 5.74) is -2.05. The average Bonchev–Trinajstić information content (AvgIpc) is 3.58. The maximum atomic E-state index is 13.7. The number of rotatable bonds is 7. The van der Waals surface area contributed by atoms with Gasteiger partial charge in [-0.3, -0.25) is 14.4 Å². The Balaban J connectivity index is 1.19. The summed E-state index contributed by atoms with van der Waals surface area (Å²) in [6.07, 6.45) is -8.25. The van der Waals surface area contributed by atoms with Gasteiger partial charge in [0.2, 0.25) is 11.8 Å². The van der Waals surface area contributed by atoms with Crippen LogP contribution in [0.3, 0.4) is 0 Å². The number of aryl methyl sites for hydroxylation is 1. The van der Waals surface area contributed by atoms with Gasteiger partial charge in [-0.1, -0.05) is 17.7 Å². The van der Waals surface area contributed by atoms with Gasteiger partial charge in [0, 0.05) is 74.9 Å². The molecule has 3 aliphatic rings. The second-order valence-electron chi connectivity index (χ2n) is 12.8. The van der Waals surface area contributed by atoms with Crippen molar-refractivity contribution in [2.45, 2.75) is 45.5 Å². The molecular weight excluding hydrogens is 650 g/mol. The third-order valence-corrected chi connectivity index (χ3v) is 9.97. The molecule has 47 heavy (non-hydrogen) atoms. The molecule has 2 atom stereocenters. The average molecular weight is 687 g/mol. The van der Waals surface area contributed by atoms with Crippen molar-refractivity contribution in [2.24, 2.45) is 17.8 Å². The number of alkyl halides is 6. The summed E-state index contributed by atoms with van der Waals surface area (Å²) in [6, 6.07) is 6.52. The number of carbonyl (C=O) groups is 3. The van der Waals surface area contributed by atoms with Gasteiger partial charge in [-0.2, -0.15) is 26.3 Å². The Bertz CT molecular complexity index is 1460. The Morgan fingerprint density at radius 3 is 1.94 bits per heavy atom. The highest BCUT2D eigenvalue weighted by Gasteiger charge is 2.43. The zero-order valence-corrected chi connectivity index (χ0v) is 26.9. The predicted octanol–water partition coefficient (Wildman–Crippen LogP) is 6.37. The number of fused-ring (bicyclic) bond motifs is 1. The third-order valence-electron chi connectivity index (χ3n) is 9.56. The molecule has 2 unspecified atom stereocenters. The van der Waals surface area contributed by atoms with Crippen molar-refractivity contribution >= 4 is 35.0 Å². The first-order valence-electron chi connectivity index (χ1n) is 15.7. The molecule has 7 nitrogen and oxygen atoms in total. The van der Waals surface area contributed by atoms with Gasteiger partial charge in [0.15, 0.2) is 0 Å². The number of likely N-dealkylation sites (tertiary alicyclic amines) is 3. The summed E-state index contributed by atoms with van der Waals surface area (Å²) in [6.45, 7) is 7.29. The topological polar surface area (TPSA) is 64.2 Å². The van der Waals surface area contributed by atoms with E-state index in [2.05, 4.69) is 4.90 Å². The minimum atomic E-state index is -5.03. The minimum Gasteiger partial charge on any atom is -0.343 e. The van der Waals surface area contributed by atoms with E-state index in [9.17, 15) is 40.7 Å². The van der Waals surface area contributed by atoms with E-state index in [-0.39, 0.29) is 48.7 Å². The molecule has 3 amide bonds. The monoisotopic (exact) mass is 686 g/mol. The normalized spacial score (nSPS) is 20.9. The fraction of sp³-hybridized carbons (Fsp3) is 0.545. The lowest BCUT2D eigenvalue weighted by atomic mass is 9.94. The largest absolute Gasteiger partial charge is 0.416 e. The van der Waals surface area contributed by atoms with Crippen LogP contribution in [0.5, 0.6) is 0 Å². The summed E-state index contributed by atoms with van der Waals surface area (Å²) in [5, 5.41) is 0.554. The highest BCUT2D eigenvalue weighted by atomic mass is 35.5. The molecule has 0 aliphatic carbocycles. The molecule has 3 aliphatic heterocycles. The van der Waals surface area contributed by atoms with Crippen LogP contribution < -0.4 is 4.90 Å². The Morgan fingerprint density at radius 2 is 1.43 bits per heavy atom. The van der Waals surface area contributed by atoms with E-state index < -0.39 is 35.0 Å². The van der Waals surface area contributed by atoms with Gasteiger partial charge in [0.05, 0.1) is 11.1 Å². The van der Waals surface area contributed by atoms with E-state index in [1.165, 1.54) is 11.8 Å². The molecule has 3 heterocycles. The molecule has 3 saturated heterocycles. The Kier molecular flexibility index (Phi) is 10.2. The molecule has 2 aromatic rings. The van der Waals surface area contributed by atoms with Crippen molar-refractivity contribution in [2.75, 3.05) is 57.3 Å². The van der Waals surface area contributed by atoms with Crippen LogP contribution in [0.25, 0.3) is 0 Å². The Morgan fingerprint density at radius 1 is 0.851 bits per heavy atom. The molecule has 0 aromatic heterocycles. The van der Waals surface area contributed by atoms with Crippen molar-refractivity contribution in [1.29, 1.82) is 0 Å². The lowest BCUT2D eigenvalue weighted by Crippen LogP contribution is -2.44. The molecule has 2 aromatic carbocycles. The number of piperidine rings is 1. The third kappa shape index (κ3) is 8.05. The van der Waals surface area contributed by atoms with Crippen molar-refractivity contribution in [3.05, 3.63) is 63.7 Å². The van der Waals surface area contributed by atoms with Crippen molar-refractivity contribution < 1.29 is 40.7 Å². The standard InChI is InChI=1S/C33H37ClF6N4O3/c1-20-4-5-28(15-29(20)34)44(31(47)22-6-10-42(11-7-22)21(2)45)9-3-8-41-16-24-18-43(19-25(24)17-41)30(46)23-12-26(32(35,36)37)14-27(13-23)33(38,39)40/h4-5,12-15,22,24-25H,3,6-11,16-19H2,1-2H3. The molecule has 0 N–H and O–H groups in total. The van der Waals surface area contributed by atoms with Gasteiger partial charge in [-0.15, -0.1) is 0 Å². The summed E-state index contributed by atoms with van der Waals surface area (Å²) in [4.78, 5) is 45.7. The maximum absolute atomic E-state index is 13.7. The number of anilines is 1. The molecule has 0 spiro atoms. The molecule has 5 rings (SSSR count). The van der Waals surface area contributed by atoms with Crippen LogP contribution >= 0.6 is 11.6 Å². The first-order chi connectivity index (χ1) is 22.0. The van der Waals surface area contributed by atoms with Crippen molar-refractivity contribution in [3.8, 4) is 0 Å². The van der Waals surface area contributed by atoms with Crippen LogP contribution in [0.15, 0.2) is 36.4 Å². The van der Waals surface area contributed by atoms with Gasteiger partial charge in [-0.05, 0) is 80.5 Å². The van der Waals surface area contributed by atoms with Gasteiger partial charge in [0.1, 0.15) is 0 Å². The lowest BCUT2D eigenvalue weighted by molar-refractivity contribution is -0.143. The molecule has 0 bridgehead atoms.